The Hall–Kier alpha value is -0.330. The lowest BCUT2D eigenvalue weighted by Crippen LogP contribution is -2.44. The van der Waals surface area contributed by atoms with Gasteiger partial charge in [0.15, 0.2) is 0 Å². The van der Waals surface area contributed by atoms with E-state index in [-0.39, 0.29) is 32.7 Å². The van der Waals surface area contributed by atoms with Crippen LogP contribution in [0.4, 0.5) is 13.2 Å². The minimum atomic E-state index is -4.37. The van der Waals surface area contributed by atoms with E-state index in [0.717, 1.165) is 0 Å². The van der Waals surface area contributed by atoms with E-state index in [4.69, 9.17) is 10.2 Å². The van der Waals surface area contributed by atoms with Crippen molar-refractivity contribution >= 4 is 0 Å². The van der Waals surface area contributed by atoms with Crippen LogP contribution in [0.15, 0.2) is 0 Å². The summed E-state index contributed by atoms with van der Waals surface area (Å²) in [7, 11) is 0. The van der Waals surface area contributed by atoms with Gasteiger partial charge in [0, 0.05) is 13.1 Å². The molecule has 14 heavy (non-hydrogen) atoms. The van der Waals surface area contributed by atoms with Gasteiger partial charge in [0.2, 0.25) is 0 Å². The normalized spacial score (nSPS) is 29.8. The molecule has 0 radical (unpaired) electrons. The maximum Gasteiger partial charge on any atom is 0.397 e. The lowest BCUT2D eigenvalue weighted by atomic mass is 9.87. The van der Waals surface area contributed by atoms with Gasteiger partial charge < -0.3 is 15.1 Å². The smallest absolute Gasteiger partial charge is 0.395 e. The van der Waals surface area contributed by atoms with Gasteiger partial charge in [0.25, 0.3) is 0 Å². The van der Waals surface area contributed by atoms with Crippen molar-refractivity contribution in [1.29, 1.82) is 0 Å². The highest BCUT2D eigenvalue weighted by molar-refractivity contribution is 4.94. The molecule has 6 heteroatoms. The second-order valence-electron chi connectivity index (χ2n) is 3.69. The summed E-state index contributed by atoms with van der Waals surface area (Å²) in [6, 6.07) is 0. The molecule has 0 spiro atoms. The van der Waals surface area contributed by atoms with E-state index in [2.05, 4.69) is 0 Å². The highest BCUT2D eigenvalue weighted by atomic mass is 19.4. The lowest BCUT2D eigenvalue weighted by Gasteiger charge is -2.29. The third-order valence-corrected chi connectivity index (χ3v) is 2.75. The zero-order valence-corrected chi connectivity index (χ0v) is 7.72. The fourth-order valence-electron chi connectivity index (χ4n) is 1.74. The predicted molar refractivity (Wildman–Crippen MR) is 43.7 cm³/mol. The summed E-state index contributed by atoms with van der Waals surface area (Å²) >= 11 is 0. The lowest BCUT2D eigenvalue weighted by molar-refractivity contribution is -0.230. The molecule has 0 aliphatic carbocycles. The molecule has 1 aliphatic heterocycles. The molecular weight excluding hydrogens is 199 g/mol. The first-order valence-corrected chi connectivity index (χ1v) is 4.46. The number of likely N-dealkylation sites (tertiary alicyclic amines) is 1. The van der Waals surface area contributed by atoms with Gasteiger partial charge >= 0.3 is 6.18 Å². The van der Waals surface area contributed by atoms with Crippen molar-refractivity contribution < 1.29 is 23.4 Å². The molecule has 1 heterocycles. The summed E-state index contributed by atoms with van der Waals surface area (Å²) in [5.74, 6) is 0. The van der Waals surface area contributed by atoms with Crippen LogP contribution in [0.25, 0.3) is 0 Å². The molecule has 0 saturated carbocycles. The minimum absolute atomic E-state index is 0.0903. The maximum atomic E-state index is 12.6. The molecule has 1 saturated heterocycles. The topological polar surface area (TPSA) is 43.7 Å². The monoisotopic (exact) mass is 213 g/mol. The number of aliphatic hydroxyl groups is 2. The third kappa shape index (κ3) is 2.02. The first-order valence-electron chi connectivity index (χ1n) is 4.46. The standard InChI is InChI=1S/C8H14F3NO2/c9-8(10,11)7(6-14)1-2-12(5-7)3-4-13/h13-14H,1-6H2/t7-/m0/s1. The first-order chi connectivity index (χ1) is 6.45. The number of nitrogens with zero attached hydrogens (tertiary/aromatic N) is 1. The van der Waals surface area contributed by atoms with Crippen molar-refractivity contribution in [1.82, 2.24) is 4.90 Å². The van der Waals surface area contributed by atoms with Crippen LogP contribution in [-0.4, -0.2) is 54.1 Å². The van der Waals surface area contributed by atoms with Gasteiger partial charge in [0.1, 0.15) is 5.41 Å². The summed E-state index contributed by atoms with van der Waals surface area (Å²) in [4.78, 5) is 1.52. The number of rotatable bonds is 3. The number of alkyl halides is 3. The molecule has 2 N–H and O–H groups in total. The Kier molecular flexibility index (Phi) is 3.39. The zero-order chi connectivity index (χ0) is 10.8. The Bertz CT molecular complexity index is 198. The molecule has 0 aromatic heterocycles. The van der Waals surface area contributed by atoms with E-state index in [1.807, 2.05) is 0 Å². The average Bonchev–Trinajstić information content (AvgIpc) is 2.49. The van der Waals surface area contributed by atoms with Crippen molar-refractivity contribution in [2.45, 2.75) is 12.6 Å². The van der Waals surface area contributed by atoms with Crippen LogP contribution in [0.5, 0.6) is 0 Å². The van der Waals surface area contributed by atoms with Crippen molar-refractivity contribution in [3.05, 3.63) is 0 Å². The number of aliphatic hydroxyl groups excluding tert-OH is 2. The Morgan fingerprint density at radius 1 is 1.29 bits per heavy atom. The molecular formula is C8H14F3NO2. The summed E-state index contributed by atoms with van der Waals surface area (Å²) in [5, 5.41) is 17.4. The summed E-state index contributed by atoms with van der Waals surface area (Å²) in [5.41, 5.74) is -1.98. The minimum Gasteiger partial charge on any atom is -0.395 e. The molecule has 0 aromatic carbocycles. The molecule has 3 nitrogen and oxygen atoms in total. The molecule has 0 bridgehead atoms. The van der Waals surface area contributed by atoms with E-state index in [1.54, 1.807) is 0 Å². The number of halogens is 3. The highest BCUT2D eigenvalue weighted by Gasteiger charge is 2.57. The van der Waals surface area contributed by atoms with Crippen molar-refractivity contribution in [3.63, 3.8) is 0 Å². The Morgan fingerprint density at radius 3 is 2.29 bits per heavy atom. The van der Waals surface area contributed by atoms with E-state index in [9.17, 15) is 13.2 Å². The van der Waals surface area contributed by atoms with Crippen LogP contribution in [0.2, 0.25) is 0 Å². The van der Waals surface area contributed by atoms with Gasteiger partial charge in [-0.15, -0.1) is 0 Å². The van der Waals surface area contributed by atoms with Gasteiger partial charge in [-0.25, -0.2) is 0 Å². The fraction of sp³-hybridized carbons (Fsp3) is 1.00. The molecule has 1 fully saturated rings. The number of hydrogen-bond donors (Lipinski definition) is 2. The fourth-order valence-corrected chi connectivity index (χ4v) is 1.74. The number of hydrogen-bond acceptors (Lipinski definition) is 3. The van der Waals surface area contributed by atoms with E-state index in [0.29, 0.717) is 0 Å². The van der Waals surface area contributed by atoms with Crippen LogP contribution >= 0.6 is 0 Å². The van der Waals surface area contributed by atoms with Gasteiger partial charge in [0.05, 0.1) is 13.2 Å². The van der Waals surface area contributed by atoms with Crippen LogP contribution in [0, 0.1) is 5.41 Å². The van der Waals surface area contributed by atoms with Crippen molar-refractivity contribution in [2.75, 3.05) is 32.8 Å². The predicted octanol–water partition coefficient (Wildman–Crippen LogP) is 0.225. The largest absolute Gasteiger partial charge is 0.397 e. The molecule has 0 unspecified atom stereocenters. The second-order valence-corrected chi connectivity index (χ2v) is 3.69. The SMILES string of the molecule is OCCN1CC[C@](CO)(C(F)(F)F)C1. The Morgan fingerprint density at radius 2 is 1.93 bits per heavy atom. The summed E-state index contributed by atoms with van der Waals surface area (Å²) in [6.07, 6.45) is -4.46. The van der Waals surface area contributed by atoms with Crippen LogP contribution in [0.1, 0.15) is 6.42 Å². The van der Waals surface area contributed by atoms with Crippen molar-refractivity contribution in [2.24, 2.45) is 5.41 Å². The zero-order valence-electron chi connectivity index (χ0n) is 7.72. The second kappa shape index (κ2) is 4.04. The van der Waals surface area contributed by atoms with Crippen LogP contribution in [0.3, 0.4) is 0 Å². The molecule has 0 aromatic rings. The quantitative estimate of drug-likeness (QED) is 0.705. The molecule has 84 valence electrons. The number of β-amino-alcohol motifs (C(OH)–C–C–N with tert-alkyl or cyclic N) is 1. The first kappa shape index (κ1) is 11.7. The molecule has 1 atom stereocenters. The van der Waals surface area contributed by atoms with E-state index >= 15 is 0 Å². The van der Waals surface area contributed by atoms with Gasteiger partial charge in [-0.3, -0.25) is 0 Å². The summed E-state index contributed by atoms with van der Waals surface area (Å²) in [6.45, 7) is -0.732. The highest BCUT2D eigenvalue weighted by Crippen LogP contribution is 2.44. The third-order valence-electron chi connectivity index (χ3n) is 2.75. The maximum absolute atomic E-state index is 12.6. The summed E-state index contributed by atoms with van der Waals surface area (Å²) < 4.78 is 37.7. The van der Waals surface area contributed by atoms with Crippen LogP contribution in [-0.2, 0) is 0 Å². The Labute approximate surface area is 80.1 Å². The van der Waals surface area contributed by atoms with Crippen LogP contribution < -0.4 is 0 Å². The van der Waals surface area contributed by atoms with Gasteiger partial charge in [-0.05, 0) is 13.0 Å². The van der Waals surface area contributed by atoms with Gasteiger partial charge in [-0.1, -0.05) is 0 Å². The van der Waals surface area contributed by atoms with Gasteiger partial charge in [-0.2, -0.15) is 13.2 Å². The molecule has 1 rings (SSSR count). The van der Waals surface area contributed by atoms with E-state index in [1.165, 1.54) is 4.90 Å². The Balaban J connectivity index is 2.66. The molecule has 1 aliphatic rings. The average molecular weight is 213 g/mol. The van der Waals surface area contributed by atoms with Crippen molar-refractivity contribution in [3.8, 4) is 0 Å². The van der Waals surface area contributed by atoms with E-state index < -0.39 is 18.2 Å². The molecule has 0 amide bonds.